The van der Waals surface area contributed by atoms with Crippen molar-refractivity contribution in [3.05, 3.63) is 28.8 Å². The van der Waals surface area contributed by atoms with E-state index in [4.69, 9.17) is 0 Å². The van der Waals surface area contributed by atoms with Crippen molar-refractivity contribution in [3.8, 4) is 0 Å². The monoisotopic (exact) mass is 315 g/mol. The molecule has 0 aliphatic carbocycles. The summed E-state index contributed by atoms with van der Waals surface area (Å²) in [5.41, 5.74) is 5.08. The first kappa shape index (κ1) is 16.5. The van der Waals surface area contributed by atoms with Crippen LogP contribution in [0.15, 0.2) is 12.1 Å². The molecule has 2 heterocycles. The molecule has 1 fully saturated rings. The minimum atomic E-state index is -0.0320. The number of piperazine rings is 1. The predicted molar refractivity (Wildman–Crippen MR) is 95.1 cm³/mol. The van der Waals surface area contributed by atoms with E-state index in [1.165, 1.54) is 16.7 Å². The first-order chi connectivity index (χ1) is 11.0. The van der Waals surface area contributed by atoms with E-state index in [1.807, 2.05) is 4.90 Å². The lowest BCUT2D eigenvalue weighted by Gasteiger charge is -2.39. The molecule has 0 unspecified atom stereocenters. The minimum absolute atomic E-state index is 0.0320. The highest BCUT2D eigenvalue weighted by atomic mass is 16.2. The number of aryl methyl sites for hydroxylation is 2. The van der Waals surface area contributed by atoms with E-state index in [2.05, 4.69) is 49.8 Å². The van der Waals surface area contributed by atoms with Crippen LogP contribution in [-0.4, -0.2) is 61.5 Å². The summed E-state index contributed by atoms with van der Waals surface area (Å²) in [7, 11) is 2.15. The number of rotatable bonds is 2. The number of hydrogen-bond donors (Lipinski definition) is 0. The average Bonchev–Trinajstić information content (AvgIpc) is 2.53. The first-order valence-corrected chi connectivity index (χ1v) is 8.81. The summed E-state index contributed by atoms with van der Waals surface area (Å²) < 4.78 is 0. The SMILES string of the molecule is Cc1cc(C)c2c(c1)N(C(=O)[C@@H](C)N1CCN(C)CC1)CCC2. The van der Waals surface area contributed by atoms with E-state index in [9.17, 15) is 4.79 Å². The molecule has 0 radical (unpaired) electrons. The van der Waals surface area contributed by atoms with Gasteiger partial charge in [-0.15, -0.1) is 0 Å². The summed E-state index contributed by atoms with van der Waals surface area (Å²) in [6, 6.07) is 4.39. The molecule has 0 bridgehead atoms. The van der Waals surface area contributed by atoms with Gasteiger partial charge in [-0.2, -0.15) is 0 Å². The molecule has 23 heavy (non-hydrogen) atoms. The zero-order valence-corrected chi connectivity index (χ0v) is 14.9. The number of carbonyl (C=O) groups excluding carboxylic acids is 1. The molecule has 0 spiro atoms. The Morgan fingerprint density at radius 2 is 1.78 bits per heavy atom. The number of nitrogens with zero attached hydrogens (tertiary/aromatic N) is 3. The van der Waals surface area contributed by atoms with Gasteiger partial charge >= 0.3 is 0 Å². The predicted octanol–water partition coefficient (Wildman–Crippen LogP) is 2.22. The lowest BCUT2D eigenvalue weighted by Crippen LogP contribution is -2.54. The number of amides is 1. The van der Waals surface area contributed by atoms with Crippen LogP contribution in [0, 0.1) is 13.8 Å². The Bertz CT molecular complexity index is 591. The van der Waals surface area contributed by atoms with Crippen LogP contribution >= 0.6 is 0 Å². The van der Waals surface area contributed by atoms with Crippen molar-refractivity contribution in [3.63, 3.8) is 0 Å². The molecule has 0 aromatic heterocycles. The van der Waals surface area contributed by atoms with E-state index >= 15 is 0 Å². The van der Waals surface area contributed by atoms with Gasteiger partial charge < -0.3 is 9.80 Å². The number of fused-ring (bicyclic) bond motifs is 1. The fourth-order valence-corrected chi connectivity index (χ4v) is 3.90. The maximum atomic E-state index is 13.1. The first-order valence-electron chi connectivity index (χ1n) is 8.81. The summed E-state index contributed by atoms with van der Waals surface area (Å²) in [4.78, 5) is 19.8. The molecule has 126 valence electrons. The third-order valence-corrected chi connectivity index (χ3v) is 5.40. The van der Waals surface area contributed by atoms with E-state index in [-0.39, 0.29) is 11.9 Å². The van der Waals surface area contributed by atoms with Crippen molar-refractivity contribution in [1.29, 1.82) is 0 Å². The van der Waals surface area contributed by atoms with Crippen molar-refractivity contribution in [2.24, 2.45) is 0 Å². The van der Waals surface area contributed by atoms with Crippen LogP contribution in [0.3, 0.4) is 0 Å². The largest absolute Gasteiger partial charge is 0.311 e. The lowest BCUT2D eigenvalue weighted by atomic mass is 9.94. The molecule has 1 aromatic carbocycles. The summed E-state index contributed by atoms with van der Waals surface area (Å²) in [6.07, 6.45) is 2.16. The van der Waals surface area contributed by atoms with Crippen LogP contribution in [0.1, 0.15) is 30.0 Å². The highest BCUT2D eigenvalue weighted by molar-refractivity contribution is 5.98. The molecule has 3 rings (SSSR count). The maximum Gasteiger partial charge on any atom is 0.244 e. The quantitative estimate of drug-likeness (QED) is 0.837. The molecule has 1 saturated heterocycles. The van der Waals surface area contributed by atoms with Crippen LogP contribution in [0.2, 0.25) is 0 Å². The number of likely N-dealkylation sites (N-methyl/N-ethyl adjacent to an activating group) is 1. The highest BCUT2D eigenvalue weighted by Crippen LogP contribution is 2.32. The number of benzene rings is 1. The second-order valence-electron chi connectivity index (χ2n) is 7.19. The Balaban J connectivity index is 1.81. The zero-order chi connectivity index (χ0) is 16.6. The van der Waals surface area contributed by atoms with Crippen molar-refractivity contribution in [2.75, 3.05) is 44.7 Å². The summed E-state index contributed by atoms with van der Waals surface area (Å²) >= 11 is 0. The number of hydrogen-bond acceptors (Lipinski definition) is 3. The van der Waals surface area contributed by atoms with Gasteiger partial charge in [0.05, 0.1) is 6.04 Å². The van der Waals surface area contributed by atoms with Crippen molar-refractivity contribution < 1.29 is 4.79 Å². The molecular formula is C19H29N3O. The van der Waals surface area contributed by atoms with Gasteiger partial charge in [0, 0.05) is 38.4 Å². The van der Waals surface area contributed by atoms with E-state index < -0.39 is 0 Å². The Morgan fingerprint density at radius 1 is 1.09 bits per heavy atom. The molecule has 2 aliphatic rings. The zero-order valence-electron chi connectivity index (χ0n) is 14.9. The van der Waals surface area contributed by atoms with Crippen LogP contribution in [0.4, 0.5) is 5.69 Å². The molecule has 0 saturated carbocycles. The standard InChI is InChI=1S/C19H29N3O/c1-14-12-15(2)17-6-5-7-22(18(17)13-14)19(23)16(3)21-10-8-20(4)9-11-21/h12-13,16H,5-11H2,1-4H3/t16-/m1/s1. The second kappa shape index (κ2) is 6.62. The fourth-order valence-electron chi connectivity index (χ4n) is 3.90. The fraction of sp³-hybridized carbons (Fsp3) is 0.632. The normalized spacial score (nSPS) is 21.1. The summed E-state index contributed by atoms with van der Waals surface area (Å²) in [6.45, 7) is 11.3. The van der Waals surface area contributed by atoms with Crippen LogP contribution < -0.4 is 4.90 Å². The molecular weight excluding hydrogens is 286 g/mol. The minimum Gasteiger partial charge on any atom is -0.311 e. The van der Waals surface area contributed by atoms with Crippen LogP contribution in [0.5, 0.6) is 0 Å². The molecule has 0 N–H and O–H groups in total. The van der Waals surface area contributed by atoms with Gasteiger partial charge in [0.15, 0.2) is 0 Å². The Kier molecular flexibility index (Phi) is 4.74. The number of carbonyl (C=O) groups is 1. The Morgan fingerprint density at radius 3 is 2.48 bits per heavy atom. The third kappa shape index (κ3) is 3.29. The van der Waals surface area contributed by atoms with Gasteiger partial charge in [0.2, 0.25) is 5.91 Å². The third-order valence-electron chi connectivity index (χ3n) is 5.40. The average molecular weight is 315 g/mol. The van der Waals surface area contributed by atoms with Gasteiger partial charge in [-0.1, -0.05) is 6.07 Å². The van der Waals surface area contributed by atoms with Gasteiger partial charge in [0.1, 0.15) is 0 Å². The van der Waals surface area contributed by atoms with Gasteiger partial charge in [0.25, 0.3) is 0 Å². The smallest absolute Gasteiger partial charge is 0.244 e. The van der Waals surface area contributed by atoms with Gasteiger partial charge in [-0.3, -0.25) is 9.69 Å². The highest BCUT2D eigenvalue weighted by Gasteiger charge is 2.31. The van der Waals surface area contributed by atoms with Gasteiger partial charge in [-0.25, -0.2) is 0 Å². The van der Waals surface area contributed by atoms with Crippen LogP contribution in [-0.2, 0) is 11.2 Å². The second-order valence-corrected chi connectivity index (χ2v) is 7.19. The van der Waals surface area contributed by atoms with Gasteiger partial charge in [-0.05, 0) is 63.4 Å². The molecule has 4 heteroatoms. The Labute approximate surface area is 140 Å². The number of anilines is 1. The Hall–Kier alpha value is -1.39. The van der Waals surface area contributed by atoms with Crippen molar-refractivity contribution >= 4 is 11.6 Å². The molecule has 1 aromatic rings. The summed E-state index contributed by atoms with van der Waals surface area (Å²) in [5.74, 6) is 0.264. The van der Waals surface area contributed by atoms with Crippen molar-refractivity contribution in [2.45, 2.75) is 39.7 Å². The molecule has 4 nitrogen and oxygen atoms in total. The van der Waals surface area contributed by atoms with Crippen LogP contribution in [0.25, 0.3) is 0 Å². The van der Waals surface area contributed by atoms with Crippen molar-refractivity contribution in [1.82, 2.24) is 9.80 Å². The molecule has 1 amide bonds. The maximum absolute atomic E-state index is 13.1. The topological polar surface area (TPSA) is 26.8 Å². The van der Waals surface area contributed by atoms with E-state index in [1.54, 1.807) is 0 Å². The summed E-state index contributed by atoms with van der Waals surface area (Å²) in [5, 5.41) is 0. The lowest BCUT2D eigenvalue weighted by molar-refractivity contribution is -0.124. The van der Waals surface area contributed by atoms with E-state index in [0.717, 1.165) is 51.3 Å². The van der Waals surface area contributed by atoms with E-state index in [0.29, 0.717) is 0 Å². The molecule has 2 aliphatic heterocycles. The molecule has 1 atom stereocenters.